The number of carbonyl (C=O) groups is 2. The molecule has 8 heteroatoms. The molecule has 1 aliphatic rings. The SMILES string of the molecule is CCOc1cc(CCC(C)=[S-]2=CC(=O)NC2=S)ccc1OCC(=O)O. The van der Waals surface area contributed by atoms with Crippen LogP contribution >= 0.6 is 12.2 Å². The Kier molecular flexibility index (Phi) is 6.83. The molecule has 1 amide bonds. The number of thiocarbonyl (C=S) groups is 1. The van der Waals surface area contributed by atoms with Gasteiger partial charge >= 0.3 is 5.97 Å². The summed E-state index contributed by atoms with van der Waals surface area (Å²) in [7, 11) is -0.401. The number of aliphatic carboxylic acids is 1. The lowest BCUT2D eigenvalue weighted by molar-refractivity contribution is -0.139. The van der Waals surface area contributed by atoms with Gasteiger partial charge in [0.1, 0.15) is 0 Å². The van der Waals surface area contributed by atoms with E-state index in [-0.39, 0.29) is 5.91 Å². The number of nitrogens with one attached hydrogen (secondary N) is 1. The number of amides is 1. The number of hydrogen-bond donors (Lipinski definition) is 2. The van der Waals surface area contributed by atoms with Crippen molar-refractivity contribution >= 4 is 48.7 Å². The first-order valence-corrected chi connectivity index (χ1v) is 9.46. The van der Waals surface area contributed by atoms with Crippen LogP contribution in [0.25, 0.3) is 0 Å². The van der Waals surface area contributed by atoms with Crippen LogP contribution in [0.3, 0.4) is 0 Å². The molecule has 136 valence electrons. The van der Waals surface area contributed by atoms with Crippen LogP contribution in [0.5, 0.6) is 11.5 Å². The summed E-state index contributed by atoms with van der Waals surface area (Å²) < 4.78 is 11.4. The van der Waals surface area contributed by atoms with Crippen LogP contribution < -0.4 is 14.8 Å². The number of carboxylic acid groups (broad SMARTS) is 1. The van der Waals surface area contributed by atoms with Gasteiger partial charge in [0, 0.05) is 0 Å². The predicted molar refractivity (Wildman–Crippen MR) is 104 cm³/mol. The highest BCUT2D eigenvalue weighted by atomic mass is 32.2. The lowest BCUT2D eigenvalue weighted by atomic mass is 10.1. The first-order valence-electron chi connectivity index (χ1n) is 7.76. The van der Waals surface area contributed by atoms with E-state index in [1.54, 1.807) is 11.4 Å². The summed E-state index contributed by atoms with van der Waals surface area (Å²) in [6.45, 7) is 3.90. The van der Waals surface area contributed by atoms with Crippen molar-refractivity contribution < 1.29 is 24.2 Å². The Morgan fingerprint density at radius 2 is 2.08 bits per heavy atom. The third-order valence-corrected chi connectivity index (χ3v) is 6.00. The van der Waals surface area contributed by atoms with Gasteiger partial charge in [-0.25, -0.2) is 4.79 Å². The van der Waals surface area contributed by atoms with E-state index >= 15 is 0 Å². The molecule has 0 saturated heterocycles. The van der Waals surface area contributed by atoms with E-state index in [2.05, 4.69) is 5.32 Å². The van der Waals surface area contributed by atoms with Crippen molar-refractivity contribution in [3.63, 3.8) is 0 Å². The maximum atomic E-state index is 11.4. The highest BCUT2D eigenvalue weighted by Gasteiger charge is 2.09. The van der Waals surface area contributed by atoms with Crippen LogP contribution in [-0.2, 0) is 26.1 Å². The zero-order valence-corrected chi connectivity index (χ0v) is 15.7. The lowest BCUT2D eigenvalue weighted by Crippen LogP contribution is -2.21. The Morgan fingerprint density at radius 3 is 2.68 bits per heavy atom. The van der Waals surface area contributed by atoms with E-state index in [1.165, 1.54) is 0 Å². The second-order valence-electron chi connectivity index (χ2n) is 5.33. The molecule has 0 spiro atoms. The minimum Gasteiger partial charge on any atom is -0.490 e. The lowest BCUT2D eigenvalue weighted by Gasteiger charge is -2.15. The molecule has 2 rings (SSSR count). The van der Waals surface area contributed by atoms with Crippen molar-refractivity contribution in [2.24, 2.45) is 0 Å². The molecule has 0 atom stereocenters. The Hall–Kier alpha value is -2.06. The summed E-state index contributed by atoms with van der Waals surface area (Å²) in [6, 6.07) is 5.46. The fourth-order valence-electron chi connectivity index (χ4n) is 2.27. The standard InChI is InChI=1S/C17H20NO5S2/c1-3-22-14-8-12(6-7-13(14)23-9-16(20)21)5-4-11(2)25-10-15(19)18-17(25)24/h6-8,10H,3-5,9H2,1-2H3,(H,20,21)(H,18,19,24)/q-1. The minimum absolute atomic E-state index is 0.133. The quantitative estimate of drug-likeness (QED) is 0.524. The van der Waals surface area contributed by atoms with E-state index in [0.29, 0.717) is 22.4 Å². The third-order valence-electron chi connectivity index (χ3n) is 3.45. The van der Waals surface area contributed by atoms with Crippen LogP contribution in [0.15, 0.2) is 18.2 Å². The van der Waals surface area contributed by atoms with E-state index < -0.39 is 22.6 Å². The highest BCUT2D eigenvalue weighted by molar-refractivity contribution is 8.19. The molecule has 0 bridgehead atoms. The number of carboxylic acids is 1. The molecule has 0 radical (unpaired) electrons. The Morgan fingerprint density at radius 1 is 1.32 bits per heavy atom. The molecule has 2 N–H and O–H groups in total. The van der Waals surface area contributed by atoms with Crippen LogP contribution in [-0.4, -0.2) is 44.7 Å². The first kappa shape index (κ1) is 19.3. The maximum absolute atomic E-state index is 11.4. The maximum Gasteiger partial charge on any atom is 0.341 e. The number of benzene rings is 1. The molecule has 0 fully saturated rings. The second kappa shape index (κ2) is 8.87. The average Bonchev–Trinajstić information content (AvgIpc) is 2.90. The molecule has 0 unspecified atom stereocenters. The van der Waals surface area contributed by atoms with Gasteiger partial charge in [0.2, 0.25) is 5.91 Å². The van der Waals surface area contributed by atoms with E-state index in [1.807, 2.05) is 26.0 Å². The number of carbonyl (C=O) groups excluding carboxylic acids is 1. The fourth-order valence-corrected chi connectivity index (χ4v) is 4.37. The molecule has 1 aliphatic heterocycles. The molecular formula is C17H20NO5S2-. The molecule has 6 nitrogen and oxygen atoms in total. The third kappa shape index (κ3) is 5.47. The van der Waals surface area contributed by atoms with Gasteiger partial charge in [-0.1, -0.05) is 31.6 Å². The summed E-state index contributed by atoms with van der Waals surface area (Å²) in [5.41, 5.74) is 1.04. The molecule has 1 aromatic carbocycles. The van der Waals surface area contributed by atoms with Gasteiger partial charge in [0.25, 0.3) is 0 Å². The van der Waals surface area contributed by atoms with Gasteiger partial charge < -0.3 is 30.0 Å². The molecular weight excluding hydrogens is 362 g/mol. The number of aryl methyl sites for hydroxylation is 1. The van der Waals surface area contributed by atoms with Crippen LogP contribution in [0.1, 0.15) is 25.8 Å². The number of rotatable bonds is 8. The van der Waals surface area contributed by atoms with Crippen molar-refractivity contribution in [1.29, 1.82) is 0 Å². The van der Waals surface area contributed by atoms with E-state index in [0.717, 1.165) is 23.3 Å². The zero-order chi connectivity index (χ0) is 18.4. The topological polar surface area (TPSA) is 84.9 Å². The highest BCUT2D eigenvalue weighted by Crippen LogP contribution is 2.29. The molecule has 1 heterocycles. The monoisotopic (exact) mass is 382 g/mol. The summed E-state index contributed by atoms with van der Waals surface area (Å²) in [5, 5.41) is 13.0. The molecule has 25 heavy (non-hydrogen) atoms. The Bertz CT molecular complexity index is 794. The van der Waals surface area contributed by atoms with Crippen molar-refractivity contribution in [1.82, 2.24) is 5.32 Å². The first-order chi connectivity index (χ1) is 11.9. The van der Waals surface area contributed by atoms with E-state index in [4.69, 9.17) is 26.8 Å². The van der Waals surface area contributed by atoms with Gasteiger partial charge in [-0.15, -0.1) is 5.37 Å². The van der Waals surface area contributed by atoms with Crippen LogP contribution in [0.4, 0.5) is 0 Å². The van der Waals surface area contributed by atoms with Crippen molar-refractivity contribution in [2.75, 3.05) is 13.2 Å². The number of hydrogen-bond acceptors (Lipinski definition) is 6. The minimum atomic E-state index is -1.04. The number of ether oxygens (including phenoxy) is 2. The average molecular weight is 382 g/mol. The summed E-state index contributed by atoms with van der Waals surface area (Å²) in [4.78, 5) is 23.2. The van der Waals surface area contributed by atoms with E-state index in [9.17, 15) is 9.59 Å². The van der Waals surface area contributed by atoms with Crippen molar-refractivity contribution in [3.8, 4) is 11.5 Å². The summed E-state index contributed by atoms with van der Waals surface area (Å²) in [6.07, 6.45) is 1.55. The smallest absolute Gasteiger partial charge is 0.341 e. The normalized spacial score (nSPS) is 16.9. The zero-order valence-electron chi connectivity index (χ0n) is 14.0. The predicted octanol–water partition coefficient (Wildman–Crippen LogP) is 1.51. The van der Waals surface area contributed by atoms with Crippen molar-refractivity contribution in [3.05, 3.63) is 23.8 Å². The molecule has 1 aromatic rings. The van der Waals surface area contributed by atoms with Crippen LogP contribution in [0, 0.1) is 0 Å². The second-order valence-corrected chi connectivity index (χ2v) is 8.01. The fraction of sp³-hybridized carbons (Fsp3) is 0.353. The molecule has 0 aromatic heterocycles. The van der Waals surface area contributed by atoms with Gasteiger partial charge in [-0.2, -0.15) is 4.86 Å². The van der Waals surface area contributed by atoms with Gasteiger partial charge in [0.05, 0.1) is 6.61 Å². The van der Waals surface area contributed by atoms with Crippen molar-refractivity contribution in [2.45, 2.75) is 26.7 Å². The molecule has 0 saturated carbocycles. The Balaban J connectivity index is 2.12. The Labute approximate surface area is 153 Å². The molecule has 0 aliphatic carbocycles. The largest absolute Gasteiger partial charge is 0.490 e. The van der Waals surface area contributed by atoms with Gasteiger partial charge in [-0.05, 0) is 35.4 Å². The summed E-state index contributed by atoms with van der Waals surface area (Å²) >= 11 is 5.19. The van der Waals surface area contributed by atoms with Gasteiger partial charge in [0.15, 0.2) is 18.1 Å². The van der Waals surface area contributed by atoms with Crippen LogP contribution in [0.2, 0.25) is 0 Å². The van der Waals surface area contributed by atoms with Gasteiger partial charge in [-0.3, -0.25) is 4.79 Å². The summed E-state index contributed by atoms with van der Waals surface area (Å²) in [5.74, 6) is -0.229.